The number of urea groups is 1. The number of nitrogens with one attached hydrogen (secondary N) is 3. The van der Waals surface area contributed by atoms with Gasteiger partial charge in [-0.15, -0.1) is 0 Å². The van der Waals surface area contributed by atoms with E-state index in [9.17, 15) is 9.59 Å². The minimum absolute atomic E-state index is 0.280. The molecule has 6 nitrogen and oxygen atoms in total. The van der Waals surface area contributed by atoms with Gasteiger partial charge in [0.05, 0.1) is 18.3 Å². The van der Waals surface area contributed by atoms with Crippen LogP contribution in [0.1, 0.15) is 18.5 Å². The van der Waals surface area contributed by atoms with Crippen LogP contribution in [0.4, 0.5) is 10.5 Å². The Hall–Kier alpha value is -3.80. The molecule has 3 amide bonds. The number of fused-ring (bicyclic) bond motifs is 1. The Morgan fingerprint density at radius 1 is 1.07 bits per heavy atom. The number of hydrogen-bond acceptors (Lipinski definition) is 3. The molecule has 0 bridgehead atoms. The summed E-state index contributed by atoms with van der Waals surface area (Å²) in [5.41, 5.74) is 1.79. The first-order valence-corrected chi connectivity index (χ1v) is 9.85. The van der Waals surface area contributed by atoms with Gasteiger partial charge in [0.2, 0.25) is 5.91 Å². The minimum atomic E-state index is -0.705. The molecular formula is C24H23N3O3. The number of anilines is 1. The molecule has 3 aromatic carbocycles. The molecule has 0 aliphatic carbocycles. The maximum Gasteiger partial charge on any atom is 0.319 e. The summed E-state index contributed by atoms with van der Waals surface area (Å²) in [7, 11) is 0. The second kappa shape index (κ2) is 8.29. The zero-order valence-corrected chi connectivity index (χ0v) is 16.6. The zero-order valence-electron chi connectivity index (χ0n) is 16.6. The molecule has 3 aromatic rings. The number of hydrogen-bond donors (Lipinski definition) is 3. The van der Waals surface area contributed by atoms with E-state index >= 15 is 0 Å². The third-order valence-corrected chi connectivity index (χ3v) is 5.16. The number of carbonyl (C=O) groups excluding carboxylic acids is 2. The van der Waals surface area contributed by atoms with Gasteiger partial charge < -0.3 is 20.7 Å². The van der Waals surface area contributed by atoms with E-state index in [1.54, 1.807) is 12.1 Å². The summed E-state index contributed by atoms with van der Waals surface area (Å²) in [6, 6.07) is 20.1. The zero-order chi connectivity index (χ0) is 21.1. The fraction of sp³-hybridized carbons (Fsp3) is 0.167. The highest BCUT2D eigenvalue weighted by Crippen LogP contribution is 2.35. The molecule has 4 rings (SSSR count). The topological polar surface area (TPSA) is 79.5 Å². The van der Waals surface area contributed by atoms with E-state index in [-0.39, 0.29) is 11.9 Å². The highest BCUT2D eigenvalue weighted by molar-refractivity contribution is 5.99. The lowest BCUT2D eigenvalue weighted by molar-refractivity contribution is -0.119. The van der Waals surface area contributed by atoms with Crippen molar-refractivity contribution in [3.8, 4) is 5.75 Å². The molecule has 1 aliphatic heterocycles. The maximum atomic E-state index is 13.3. The lowest BCUT2D eigenvalue weighted by atomic mass is 9.86. The Morgan fingerprint density at radius 3 is 2.63 bits per heavy atom. The van der Waals surface area contributed by atoms with Crippen LogP contribution in [0.15, 0.2) is 79.0 Å². The van der Waals surface area contributed by atoms with E-state index in [2.05, 4.69) is 22.5 Å². The first-order chi connectivity index (χ1) is 14.6. The van der Waals surface area contributed by atoms with E-state index in [0.29, 0.717) is 23.7 Å². The highest BCUT2D eigenvalue weighted by atomic mass is 16.5. The molecule has 1 aliphatic rings. The standard InChI is InChI=1S/C24H23N3O3/c1-3-30-20-14-7-6-13-19(20)26-23(28)21-15(2)25-24(29)27-22(21)18-12-8-10-16-9-4-5-11-17(16)18/h4-14,21-22H,2-3H2,1H3,(H,26,28)(H2,25,27,29)/t21-,22+/m1/s1. The Balaban J connectivity index is 1.72. The summed E-state index contributed by atoms with van der Waals surface area (Å²) in [5, 5.41) is 10.5. The van der Waals surface area contributed by atoms with Gasteiger partial charge in [0.15, 0.2) is 0 Å². The predicted octanol–water partition coefficient (Wildman–Crippen LogP) is 4.36. The van der Waals surface area contributed by atoms with E-state index in [1.165, 1.54) is 0 Å². The second-order valence-electron chi connectivity index (χ2n) is 7.07. The van der Waals surface area contributed by atoms with Crippen LogP contribution < -0.4 is 20.7 Å². The smallest absolute Gasteiger partial charge is 0.319 e. The quantitative estimate of drug-likeness (QED) is 0.594. The number of amides is 3. The number of para-hydroxylation sites is 2. The van der Waals surface area contributed by atoms with Gasteiger partial charge in [-0.25, -0.2) is 4.79 Å². The lowest BCUT2D eigenvalue weighted by Gasteiger charge is -2.34. The van der Waals surface area contributed by atoms with Gasteiger partial charge in [0, 0.05) is 5.70 Å². The normalized spacial score (nSPS) is 18.4. The third kappa shape index (κ3) is 3.72. The lowest BCUT2D eigenvalue weighted by Crippen LogP contribution is -2.51. The van der Waals surface area contributed by atoms with Gasteiger partial charge in [0.1, 0.15) is 11.7 Å². The van der Waals surface area contributed by atoms with E-state index in [4.69, 9.17) is 4.74 Å². The van der Waals surface area contributed by atoms with E-state index < -0.39 is 12.0 Å². The van der Waals surface area contributed by atoms with Crippen LogP contribution in [0.5, 0.6) is 5.75 Å². The molecule has 0 unspecified atom stereocenters. The minimum Gasteiger partial charge on any atom is -0.492 e. The van der Waals surface area contributed by atoms with Crippen LogP contribution in [-0.4, -0.2) is 18.5 Å². The van der Waals surface area contributed by atoms with Crippen molar-refractivity contribution in [3.63, 3.8) is 0 Å². The summed E-state index contributed by atoms with van der Waals surface area (Å²) < 4.78 is 5.62. The molecule has 0 aromatic heterocycles. The number of carbonyl (C=O) groups is 2. The van der Waals surface area contributed by atoms with Crippen molar-refractivity contribution < 1.29 is 14.3 Å². The Labute approximate surface area is 174 Å². The van der Waals surface area contributed by atoms with Crippen molar-refractivity contribution in [1.82, 2.24) is 10.6 Å². The van der Waals surface area contributed by atoms with Gasteiger partial charge in [-0.3, -0.25) is 4.79 Å². The number of benzene rings is 3. The largest absolute Gasteiger partial charge is 0.492 e. The molecule has 3 N–H and O–H groups in total. The van der Waals surface area contributed by atoms with E-state index in [1.807, 2.05) is 61.5 Å². The SMILES string of the molecule is C=C1NC(=O)N[C@@H](c2cccc3ccccc23)[C@@H]1C(=O)Nc1ccccc1OCC. The summed E-state index contributed by atoms with van der Waals surface area (Å²) >= 11 is 0. The van der Waals surface area contributed by atoms with Crippen molar-refractivity contribution >= 4 is 28.4 Å². The average molecular weight is 401 g/mol. The molecular weight excluding hydrogens is 378 g/mol. The van der Waals surface area contributed by atoms with Crippen LogP contribution in [-0.2, 0) is 4.79 Å². The molecule has 1 heterocycles. The third-order valence-electron chi connectivity index (χ3n) is 5.16. The van der Waals surface area contributed by atoms with Gasteiger partial charge >= 0.3 is 6.03 Å². The van der Waals surface area contributed by atoms with Crippen LogP contribution in [0.2, 0.25) is 0 Å². The van der Waals surface area contributed by atoms with Crippen molar-refractivity contribution in [3.05, 3.63) is 84.6 Å². The summed E-state index contributed by atoms with van der Waals surface area (Å²) in [5.74, 6) is -0.394. The molecule has 0 spiro atoms. The van der Waals surface area contributed by atoms with Crippen LogP contribution >= 0.6 is 0 Å². The molecule has 30 heavy (non-hydrogen) atoms. The predicted molar refractivity (Wildman–Crippen MR) is 117 cm³/mol. The average Bonchev–Trinajstić information content (AvgIpc) is 2.74. The molecule has 0 radical (unpaired) electrons. The fourth-order valence-corrected chi connectivity index (χ4v) is 3.84. The van der Waals surface area contributed by atoms with Gasteiger partial charge in [-0.1, -0.05) is 61.2 Å². The molecule has 1 saturated heterocycles. The molecule has 6 heteroatoms. The van der Waals surface area contributed by atoms with Crippen molar-refractivity contribution in [2.24, 2.45) is 5.92 Å². The molecule has 1 fully saturated rings. The summed E-state index contributed by atoms with van der Waals surface area (Å²) in [6.07, 6.45) is 0. The summed E-state index contributed by atoms with van der Waals surface area (Å²) in [6.45, 7) is 6.33. The maximum absolute atomic E-state index is 13.3. The Kier molecular flexibility index (Phi) is 5.39. The number of ether oxygens (including phenoxy) is 1. The van der Waals surface area contributed by atoms with Crippen LogP contribution in [0.3, 0.4) is 0 Å². The highest BCUT2D eigenvalue weighted by Gasteiger charge is 2.38. The van der Waals surface area contributed by atoms with Crippen LogP contribution in [0, 0.1) is 5.92 Å². The molecule has 2 atom stereocenters. The first kappa shape index (κ1) is 19.5. The van der Waals surface area contributed by atoms with Crippen LogP contribution in [0.25, 0.3) is 10.8 Å². The van der Waals surface area contributed by atoms with E-state index in [0.717, 1.165) is 16.3 Å². The first-order valence-electron chi connectivity index (χ1n) is 9.85. The summed E-state index contributed by atoms with van der Waals surface area (Å²) in [4.78, 5) is 25.6. The van der Waals surface area contributed by atoms with Gasteiger partial charge in [-0.05, 0) is 35.4 Å². The monoisotopic (exact) mass is 401 g/mol. The van der Waals surface area contributed by atoms with Crippen molar-refractivity contribution in [2.75, 3.05) is 11.9 Å². The second-order valence-corrected chi connectivity index (χ2v) is 7.07. The van der Waals surface area contributed by atoms with Gasteiger partial charge in [-0.2, -0.15) is 0 Å². The molecule has 0 saturated carbocycles. The fourth-order valence-electron chi connectivity index (χ4n) is 3.84. The van der Waals surface area contributed by atoms with Gasteiger partial charge in [0.25, 0.3) is 0 Å². The molecule has 152 valence electrons. The Bertz CT molecular complexity index is 1120. The number of rotatable bonds is 5. The van der Waals surface area contributed by atoms with Crippen molar-refractivity contribution in [1.29, 1.82) is 0 Å². The Morgan fingerprint density at radius 2 is 1.80 bits per heavy atom. The van der Waals surface area contributed by atoms with Crippen molar-refractivity contribution in [2.45, 2.75) is 13.0 Å².